The zero-order chi connectivity index (χ0) is 18.6. The number of carbonyl (C=O) groups excluding carboxylic acids is 1. The van der Waals surface area contributed by atoms with Crippen LogP contribution in [0.15, 0.2) is 29.8 Å². The minimum absolute atomic E-state index is 0.239. The van der Waals surface area contributed by atoms with E-state index in [0.29, 0.717) is 22.2 Å². The number of carbonyl (C=O) groups is 1. The molecule has 1 heterocycles. The summed E-state index contributed by atoms with van der Waals surface area (Å²) in [4.78, 5) is 12.7. The van der Waals surface area contributed by atoms with Crippen molar-refractivity contribution in [2.75, 3.05) is 19.5 Å². The van der Waals surface area contributed by atoms with Crippen LogP contribution in [-0.4, -0.2) is 30.3 Å². The highest BCUT2D eigenvalue weighted by Gasteiger charge is 2.28. The van der Waals surface area contributed by atoms with Crippen molar-refractivity contribution in [2.45, 2.75) is 33.1 Å². The van der Waals surface area contributed by atoms with Gasteiger partial charge in [0.2, 0.25) is 5.13 Å². The smallest absolute Gasteiger partial charge is 0.265 e. The Balaban J connectivity index is 2.29. The number of benzene rings is 1. The van der Waals surface area contributed by atoms with Crippen molar-refractivity contribution in [3.05, 3.63) is 40.4 Å². The molecule has 0 aliphatic rings. The molecule has 2 aromatic rings. The van der Waals surface area contributed by atoms with Crippen LogP contribution in [0.1, 0.15) is 43.1 Å². The first kappa shape index (κ1) is 18.9. The molecular weight excluding hydrogens is 338 g/mol. The minimum Gasteiger partial charge on any atom is -0.496 e. The quantitative estimate of drug-likeness (QED) is 0.786. The molecule has 1 amide bonds. The van der Waals surface area contributed by atoms with Gasteiger partial charge in [0.15, 0.2) is 0 Å². The van der Waals surface area contributed by atoms with E-state index in [2.05, 4.69) is 42.4 Å². The Morgan fingerprint density at radius 1 is 1.20 bits per heavy atom. The number of hydrogen-bond acceptors (Lipinski definition) is 6. The third-order valence-electron chi connectivity index (χ3n) is 4.25. The summed E-state index contributed by atoms with van der Waals surface area (Å²) in [6.45, 7) is 8.21. The molecule has 2 rings (SSSR count). The first-order valence-corrected chi connectivity index (χ1v) is 8.66. The van der Waals surface area contributed by atoms with Gasteiger partial charge in [-0.15, -0.1) is 10.2 Å². The molecule has 0 saturated carbocycles. The van der Waals surface area contributed by atoms with Crippen molar-refractivity contribution in [3.8, 4) is 11.5 Å². The van der Waals surface area contributed by atoms with E-state index in [1.165, 1.54) is 31.1 Å². The first-order chi connectivity index (χ1) is 11.8. The number of aromatic nitrogens is 2. The highest BCUT2D eigenvalue weighted by atomic mass is 32.1. The lowest BCUT2D eigenvalue weighted by Crippen LogP contribution is -2.18. The molecule has 6 nitrogen and oxygen atoms in total. The molecule has 0 aliphatic carbocycles. The fourth-order valence-corrected chi connectivity index (χ4v) is 3.20. The molecule has 1 aromatic carbocycles. The van der Waals surface area contributed by atoms with Crippen LogP contribution in [0.3, 0.4) is 0 Å². The second-order valence-corrected chi connectivity index (χ2v) is 6.98. The molecule has 0 radical (unpaired) electrons. The van der Waals surface area contributed by atoms with Crippen LogP contribution < -0.4 is 14.8 Å². The van der Waals surface area contributed by atoms with Gasteiger partial charge in [0, 0.05) is 5.41 Å². The Hall–Kier alpha value is -2.41. The van der Waals surface area contributed by atoms with E-state index in [1.54, 1.807) is 18.2 Å². The topological polar surface area (TPSA) is 73.3 Å². The third kappa shape index (κ3) is 3.82. The Morgan fingerprint density at radius 2 is 1.80 bits per heavy atom. The molecule has 1 aromatic heterocycles. The van der Waals surface area contributed by atoms with E-state index in [1.807, 2.05) is 6.92 Å². The Labute approximate surface area is 151 Å². The van der Waals surface area contributed by atoms with Crippen LogP contribution in [0.5, 0.6) is 11.5 Å². The number of nitrogens with one attached hydrogen (secondary N) is 1. The predicted molar refractivity (Wildman–Crippen MR) is 99.9 cm³/mol. The molecule has 0 unspecified atom stereocenters. The van der Waals surface area contributed by atoms with Crippen molar-refractivity contribution in [2.24, 2.45) is 0 Å². The average molecular weight is 361 g/mol. The highest BCUT2D eigenvalue weighted by molar-refractivity contribution is 7.15. The second kappa shape index (κ2) is 7.65. The molecule has 0 spiro atoms. The summed E-state index contributed by atoms with van der Waals surface area (Å²) < 4.78 is 10.5. The SMILES string of the molecule is CC=C(C)C(C)(C)c1nnc(NC(=O)c2c(OC)cccc2OC)s1. The molecule has 0 fully saturated rings. The molecular formula is C18H23N3O3S. The van der Waals surface area contributed by atoms with Crippen LogP contribution >= 0.6 is 11.3 Å². The number of amides is 1. The van der Waals surface area contributed by atoms with E-state index in [-0.39, 0.29) is 11.3 Å². The summed E-state index contributed by atoms with van der Waals surface area (Å²) in [7, 11) is 3.02. The number of ether oxygens (including phenoxy) is 2. The lowest BCUT2D eigenvalue weighted by Gasteiger charge is -2.22. The normalized spacial score (nSPS) is 12.0. The van der Waals surface area contributed by atoms with Crippen molar-refractivity contribution in [3.63, 3.8) is 0 Å². The maximum Gasteiger partial charge on any atom is 0.265 e. The Morgan fingerprint density at radius 3 is 2.32 bits per heavy atom. The van der Waals surface area contributed by atoms with Gasteiger partial charge in [0.05, 0.1) is 14.2 Å². The van der Waals surface area contributed by atoms with Crippen molar-refractivity contribution in [1.29, 1.82) is 0 Å². The number of methoxy groups -OCH3 is 2. The largest absolute Gasteiger partial charge is 0.496 e. The lowest BCUT2D eigenvalue weighted by molar-refractivity contribution is 0.102. The van der Waals surface area contributed by atoms with Crippen molar-refractivity contribution < 1.29 is 14.3 Å². The Kier molecular flexibility index (Phi) is 5.79. The van der Waals surface area contributed by atoms with E-state index in [4.69, 9.17) is 9.47 Å². The zero-order valence-electron chi connectivity index (χ0n) is 15.3. The van der Waals surface area contributed by atoms with Crippen molar-refractivity contribution >= 4 is 22.4 Å². The number of allylic oxidation sites excluding steroid dienone is 2. The highest BCUT2D eigenvalue weighted by Crippen LogP contribution is 2.35. The predicted octanol–water partition coefficient (Wildman–Crippen LogP) is 4.05. The van der Waals surface area contributed by atoms with E-state index in [9.17, 15) is 4.79 Å². The summed E-state index contributed by atoms with van der Waals surface area (Å²) >= 11 is 1.36. The standard InChI is InChI=1S/C18H23N3O3S/c1-7-11(2)18(3,4)16-20-21-17(25-16)19-15(22)14-12(23-5)9-8-10-13(14)24-6/h7-10H,1-6H3,(H,19,21,22). The molecule has 134 valence electrons. The summed E-state index contributed by atoms with van der Waals surface area (Å²) in [5, 5.41) is 12.4. The summed E-state index contributed by atoms with van der Waals surface area (Å²) in [6, 6.07) is 5.18. The van der Waals surface area contributed by atoms with Crippen molar-refractivity contribution in [1.82, 2.24) is 10.2 Å². The van der Waals surface area contributed by atoms with Gasteiger partial charge in [-0.3, -0.25) is 10.1 Å². The summed E-state index contributed by atoms with van der Waals surface area (Å²) in [5.41, 5.74) is 1.28. The molecule has 0 aliphatic heterocycles. The maximum absolute atomic E-state index is 12.7. The van der Waals surface area contributed by atoms with Crippen LogP contribution in [0.4, 0.5) is 5.13 Å². The minimum atomic E-state index is -0.349. The molecule has 1 N–H and O–H groups in total. The summed E-state index contributed by atoms with van der Waals surface area (Å²) in [5.74, 6) is 0.524. The fourth-order valence-electron chi connectivity index (χ4n) is 2.29. The van der Waals surface area contributed by atoms with Gasteiger partial charge in [0.25, 0.3) is 5.91 Å². The number of anilines is 1. The molecule has 25 heavy (non-hydrogen) atoms. The lowest BCUT2D eigenvalue weighted by atomic mass is 9.86. The number of hydrogen-bond donors (Lipinski definition) is 1. The van der Waals surface area contributed by atoms with Crippen LogP contribution in [0.2, 0.25) is 0 Å². The number of rotatable bonds is 6. The molecule has 0 atom stereocenters. The maximum atomic E-state index is 12.7. The number of nitrogens with zero attached hydrogens (tertiary/aromatic N) is 2. The van der Waals surface area contributed by atoms with Gasteiger partial charge in [-0.05, 0) is 39.8 Å². The fraction of sp³-hybridized carbons (Fsp3) is 0.389. The molecule has 0 saturated heterocycles. The first-order valence-electron chi connectivity index (χ1n) is 7.84. The second-order valence-electron chi connectivity index (χ2n) is 6.00. The van der Waals surface area contributed by atoms with Gasteiger partial charge in [0.1, 0.15) is 22.1 Å². The molecule has 7 heteroatoms. The van der Waals surface area contributed by atoms with Crippen LogP contribution in [0.25, 0.3) is 0 Å². The van der Waals surface area contributed by atoms with E-state index >= 15 is 0 Å². The van der Waals surface area contributed by atoms with Gasteiger partial charge < -0.3 is 9.47 Å². The van der Waals surface area contributed by atoms with Crippen LogP contribution in [-0.2, 0) is 5.41 Å². The van der Waals surface area contributed by atoms with E-state index < -0.39 is 0 Å². The Bertz CT molecular complexity index is 774. The van der Waals surface area contributed by atoms with Crippen LogP contribution in [0, 0.1) is 0 Å². The average Bonchev–Trinajstić information content (AvgIpc) is 3.09. The third-order valence-corrected chi connectivity index (χ3v) is 5.42. The van der Waals surface area contributed by atoms with Gasteiger partial charge in [-0.2, -0.15) is 0 Å². The van der Waals surface area contributed by atoms with Gasteiger partial charge in [-0.1, -0.05) is 29.1 Å². The zero-order valence-corrected chi connectivity index (χ0v) is 16.2. The monoisotopic (exact) mass is 361 g/mol. The summed E-state index contributed by atoms with van der Waals surface area (Å²) in [6.07, 6.45) is 2.05. The molecule has 0 bridgehead atoms. The van der Waals surface area contributed by atoms with Gasteiger partial charge >= 0.3 is 0 Å². The van der Waals surface area contributed by atoms with E-state index in [0.717, 1.165) is 5.01 Å². The van der Waals surface area contributed by atoms with Gasteiger partial charge in [-0.25, -0.2) is 0 Å².